The molecule has 5 aromatic rings. The van der Waals surface area contributed by atoms with E-state index in [1.54, 1.807) is 35.1 Å². The van der Waals surface area contributed by atoms with E-state index in [-0.39, 0.29) is 12.3 Å². The SMILES string of the molecule is NC(=O)c1cc(-c2cnc(Nc3ccc(NC(=O)Cc4ccccc4)nc3)c3ncnn23)cs1. The quantitative estimate of drug-likeness (QED) is 0.332. The highest BCUT2D eigenvalue weighted by Gasteiger charge is 2.14. The summed E-state index contributed by atoms with van der Waals surface area (Å²) in [5, 5.41) is 12.1. The van der Waals surface area contributed by atoms with E-state index in [1.807, 2.05) is 35.7 Å². The lowest BCUT2D eigenvalue weighted by molar-refractivity contribution is -0.115. The number of carbonyl (C=O) groups excluding carboxylic acids is 2. The van der Waals surface area contributed by atoms with Gasteiger partial charge in [0.05, 0.1) is 35.1 Å². The Hall–Kier alpha value is -4.64. The predicted octanol–water partition coefficient (Wildman–Crippen LogP) is 3.27. The molecule has 0 aliphatic rings. The number of fused-ring (bicyclic) bond motifs is 1. The Bertz CT molecular complexity index is 1480. The fourth-order valence-corrected chi connectivity index (χ4v) is 4.10. The van der Waals surface area contributed by atoms with Gasteiger partial charge in [-0.1, -0.05) is 30.3 Å². The van der Waals surface area contributed by atoms with Crippen LogP contribution in [0.15, 0.2) is 72.6 Å². The molecule has 4 N–H and O–H groups in total. The first kappa shape index (κ1) is 21.2. The summed E-state index contributed by atoms with van der Waals surface area (Å²) in [6.45, 7) is 0. The zero-order valence-corrected chi connectivity index (χ0v) is 18.5. The number of carbonyl (C=O) groups is 2. The van der Waals surface area contributed by atoms with Gasteiger partial charge in [0.2, 0.25) is 5.91 Å². The maximum absolute atomic E-state index is 12.2. The smallest absolute Gasteiger partial charge is 0.258 e. The summed E-state index contributed by atoms with van der Waals surface area (Å²) in [6, 6.07) is 14.7. The maximum Gasteiger partial charge on any atom is 0.258 e. The molecular weight excluding hydrogens is 452 g/mol. The van der Waals surface area contributed by atoms with Crippen LogP contribution in [0.4, 0.5) is 17.3 Å². The Balaban J connectivity index is 1.31. The summed E-state index contributed by atoms with van der Waals surface area (Å²) in [5.74, 6) is 0.304. The van der Waals surface area contributed by atoms with Crippen LogP contribution in [0.5, 0.6) is 0 Å². The number of pyridine rings is 1. The summed E-state index contributed by atoms with van der Waals surface area (Å²) >= 11 is 1.26. The van der Waals surface area contributed by atoms with Crippen LogP contribution in [-0.4, -0.2) is 36.4 Å². The van der Waals surface area contributed by atoms with Gasteiger partial charge in [-0.2, -0.15) is 5.10 Å². The van der Waals surface area contributed by atoms with E-state index in [0.717, 1.165) is 11.1 Å². The van der Waals surface area contributed by atoms with Gasteiger partial charge in [-0.25, -0.2) is 19.5 Å². The van der Waals surface area contributed by atoms with Crippen LogP contribution in [0.25, 0.3) is 16.9 Å². The van der Waals surface area contributed by atoms with E-state index in [9.17, 15) is 9.59 Å². The summed E-state index contributed by atoms with van der Waals surface area (Å²) in [4.78, 5) is 37.2. The molecule has 168 valence electrons. The topological polar surface area (TPSA) is 140 Å². The Labute approximate surface area is 197 Å². The number of aromatic nitrogens is 5. The van der Waals surface area contributed by atoms with Crippen molar-refractivity contribution in [2.75, 3.05) is 10.6 Å². The van der Waals surface area contributed by atoms with Crippen molar-refractivity contribution in [1.82, 2.24) is 24.6 Å². The van der Waals surface area contributed by atoms with E-state index in [4.69, 9.17) is 5.73 Å². The number of hydrogen-bond acceptors (Lipinski definition) is 8. The minimum absolute atomic E-state index is 0.144. The number of nitrogens with two attached hydrogens (primary N) is 1. The molecule has 2 amide bonds. The molecule has 0 aliphatic heterocycles. The molecule has 0 aliphatic carbocycles. The lowest BCUT2D eigenvalue weighted by Crippen LogP contribution is -2.15. The standard InChI is InChI=1S/C23H18N8O2S/c24-21(33)18-9-15(12-34-18)17-11-26-22(23-27-13-28-31(17)23)29-16-6-7-19(25-10-16)30-20(32)8-14-4-2-1-3-5-14/h1-7,9-13H,8H2,(H2,24,33)(H,26,29)(H,25,30,32). The molecule has 0 spiro atoms. The van der Waals surface area contributed by atoms with Gasteiger partial charge in [0.25, 0.3) is 5.91 Å². The Morgan fingerprint density at radius 2 is 1.88 bits per heavy atom. The highest BCUT2D eigenvalue weighted by atomic mass is 32.1. The molecule has 0 unspecified atom stereocenters. The van der Waals surface area contributed by atoms with Gasteiger partial charge in [-0.3, -0.25) is 9.59 Å². The number of primary amides is 1. The molecular formula is C23H18N8O2S. The van der Waals surface area contributed by atoms with E-state index < -0.39 is 5.91 Å². The van der Waals surface area contributed by atoms with Gasteiger partial charge in [-0.05, 0) is 23.8 Å². The van der Waals surface area contributed by atoms with E-state index >= 15 is 0 Å². The van der Waals surface area contributed by atoms with Crippen molar-refractivity contribution in [3.8, 4) is 11.3 Å². The Morgan fingerprint density at radius 3 is 2.62 bits per heavy atom. The van der Waals surface area contributed by atoms with Gasteiger partial charge in [0.1, 0.15) is 12.1 Å². The Morgan fingerprint density at radius 1 is 1.03 bits per heavy atom. The van der Waals surface area contributed by atoms with Crippen molar-refractivity contribution in [2.45, 2.75) is 6.42 Å². The fourth-order valence-electron chi connectivity index (χ4n) is 3.35. The molecule has 0 saturated heterocycles. The van der Waals surface area contributed by atoms with Crippen LogP contribution in [0.3, 0.4) is 0 Å². The lowest BCUT2D eigenvalue weighted by Gasteiger charge is -2.09. The largest absolute Gasteiger partial charge is 0.365 e. The van der Waals surface area contributed by atoms with Gasteiger partial charge in [0.15, 0.2) is 11.5 Å². The number of benzene rings is 1. The first-order valence-corrected chi connectivity index (χ1v) is 11.1. The van der Waals surface area contributed by atoms with Crippen LogP contribution >= 0.6 is 11.3 Å². The van der Waals surface area contributed by atoms with Gasteiger partial charge >= 0.3 is 0 Å². The normalized spacial score (nSPS) is 10.8. The number of nitrogens with one attached hydrogen (secondary N) is 2. The lowest BCUT2D eigenvalue weighted by atomic mass is 10.1. The summed E-state index contributed by atoms with van der Waals surface area (Å²) in [7, 11) is 0. The third-order valence-electron chi connectivity index (χ3n) is 4.94. The van der Waals surface area contributed by atoms with Crippen molar-refractivity contribution >= 4 is 46.1 Å². The van der Waals surface area contributed by atoms with Crippen LogP contribution in [0.1, 0.15) is 15.2 Å². The second-order valence-electron chi connectivity index (χ2n) is 7.32. The van der Waals surface area contributed by atoms with E-state index in [2.05, 4.69) is 30.7 Å². The van der Waals surface area contributed by atoms with Crippen LogP contribution in [0.2, 0.25) is 0 Å². The zero-order chi connectivity index (χ0) is 23.5. The summed E-state index contributed by atoms with van der Waals surface area (Å²) in [5.41, 5.74) is 8.91. The molecule has 0 bridgehead atoms. The number of hydrogen-bond donors (Lipinski definition) is 3. The number of thiophene rings is 1. The van der Waals surface area contributed by atoms with Crippen LogP contribution in [0, 0.1) is 0 Å². The molecule has 0 radical (unpaired) electrons. The first-order chi connectivity index (χ1) is 16.6. The number of anilines is 3. The van der Waals surface area contributed by atoms with Crippen molar-refractivity contribution in [3.05, 3.63) is 83.1 Å². The molecule has 4 aromatic heterocycles. The van der Waals surface area contributed by atoms with Crippen LogP contribution < -0.4 is 16.4 Å². The zero-order valence-electron chi connectivity index (χ0n) is 17.7. The maximum atomic E-state index is 12.2. The highest BCUT2D eigenvalue weighted by molar-refractivity contribution is 7.12. The van der Waals surface area contributed by atoms with Crippen molar-refractivity contribution in [3.63, 3.8) is 0 Å². The second kappa shape index (κ2) is 9.08. The van der Waals surface area contributed by atoms with Crippen molar-refractivity contribution in [1.29, 1.82) is 0 Å². The molecule has 34 heavy (non-hydrogen) atoms. The molecule has 0 atom stereocenters. The summed E-state index contributed by atoms with van der Waals surface area (Å²) in [6.07, 6.45) is 4.94. The molecule has 0 fully saturated rings. The van der Waals surface area contributed by atoms with Gasteiger partial charge in [0, 0.05) is 10.9 Å². The molecule has 10 nitrogen and oxygen atoms in total. The first-order valence-electron chi connectivity index (χ1n) is 10.2. The second-order valence-corrected chi connectivity index (χ2v) is 8.23. The van der Waals surface area contributed by atoms with Gasteiger partial charge in [-0.15, -0.1) is 11.3 Å². The Kier molecular flexibility index (Phi) is 5.67. The predicted molar refractivity (Wildman–Crippen MR) is 129 cm³/mol. The molecule has 4 heterocycles. The molecule has 0 saturated carbocycles. The minimum atomic E-state index is -0.482. The van der Waals surface area contributed by atoms with Gasteiger partial charge < -0.3 is 16.4 Å². The third-order valence-corrected chi connectivity index (χ3v) is 5.89. The number of amides is 2. The average Bonchev–Trinajstić information content (AvgIpc) is 3.52. The number of nitrogens with zero attached hydrogens (tertiary/aromatic N) is 5. The molecule has 1 aromatic carbocycles. The van der Waals surface area contributed by atoms with E-state index in [1.165, 1.54) is 17.7 Å². The van der Waals surface area contributed by atoms with Crippen molar-refractivity contribution in [2.24, 2.45) is 5.73 Å². The fraction of sp³-hybridized carbons (Fsp3) is 0.0435. The summed E-state index contributed by atoms with van der Waals surface area (Å²) < 4.78 is 1.63. The highest BCUT2D eigenvalue weighted by Crippen LogP contribution is 2.28. The minimum Gasteiger partial charge on any atom is -0.365 e. The van der Waals surface area contributed by atoms with E-state index in [0.29, 0.717) is 33.5 Å². The monoisotopic (exact) mass is 470 g/mol. The third kappa shape index (κ3) is 4.45. The molecule has 5 rings (SSSR count). The van der Waals surface area contributed by atoms with Crippen molar-refractivity contribution < 1.29 is 9.59 Å². The number of rotatable bonds is 7. The molecule has 11 heteroatoms. The van der Waals surface area contributed by atoms with Crippen LogP contribution in [-0.2, 0) is 11.2 Å². The average molecular weight is 471 g/mol.